The Kier molecular flexibility index (Phi) is 4.73. The van der Waals surface area contributed by atoms with Crippen LogP contribution in [-0.4, -0.2) is 12.3 Å². The molecule has 1 N–H and O–H groups in total. The largest absolute Gasteiger partial charge is 0.455 e. The van der Waals surface area contributed by atoms with Gasteiger partial charge in [-0.25, -0.2) is 0 Å². The molecule has 3 rings (SSSR count). The summed E-state index contributed by atoms with van der Waals surface area (Å²) in [6.07, 6.45) is 4.62. The number of para-hydroxylation sites is 1. The van der Waals surface area contributed by atoms with Crippen molar-refractivity contribution in [3.8, 4) is 11.5 Å². The van der Waals surface area contributed by atoms with Gasteiger partial charge >= 0.3 is 0 Å². The second-order valence-electron chi connectivity index (χ2n) is 5.17. The molecule has 0 amide bonds. The lowest BCUT2D eigenvalue weighted by Crippen LogP contribution is -2.15. The Balaban J connectivity index is 1.72. The van der Waals surface area contributed by atoms with Crippen LogP contribution < -0.4 is 10.1 Å². The molecule has 0 aliphatic heterocycles. The molecule has 4 heteroatoms. The molecule has 0 radical (unpaired) electrons. The van der Waals surface area contributed by atoms with Crippen molar-refractivity contribution in [2.75, 3.05) is 6.26 Å². The highest BCUT2D eigenvalue weighted by Gasteiger charge is 2.20. The van der Waals surface area contributed by atoms with E-state index >= 15 is 0 Å². The molecule has 0 saturated heterocycles. The summed E-state index contributed by atoms with van der Waals surface area (Å²) in [6.45, 7) is 0.867. The van der Waals surface area contributed by atoms with Crippen LogP contribution in [0.2, 0.25) is 5.02 Å². The van der Waals surface area contributed by atoms with E-state index in [0.717, 1.165) is 17.2 Å². The lowest BCUT2D eigenvalue weighted by atomic mass is 10.2. The molecule has 2 aromatic rings. The molecule has 0 bridgehead atoms. The topological polar surface area (TPSA) is 21.3 Å². The number of thioether (sulfide) groups is 1. The van der Waals surface area contributed by atoms with Crippen molar-refractivity contribution in [2.45, 2.75) is 30.3 Å². The van der Waals surface area contributed by atoms with E-state index in [0.29, 0.717) is 16.8 Å². The Hall–Kier alpha value is -1.16. The molecular formula is C17H18ClNOS. The molecule has 21 heavy (non-hydrogen) atoms. The predicted molar refractivity (Wildman–Crippen MR) is 89.6 cm³/mol. The number of benzene rings is 2. The first kappa shape index (κ1) is 14.8. The van der Waals surface area contributed by atoms with E-state index in [4.69, 9.17) is 16.3 Å². The minimum atomic E-state index is 0.654. The summed E-state index contributed by atoms with van der Waals surface area (Å²) >= 11 is 8.01. The lowest BCUT2D eigenvalue weighted by Gasteiger charge is -2.12. The molecular weight excluding hydrogens is 302 g/mol. The third-order valence-corrected chi connectivity index (χ3v) is 4.53. The zero-order valence-electron chi connectivity index (χ0n) is 11.9. The van der Waals surface area contributed by atoms with Crippen LogP contribution in [0.3, 0.4) is 0 Å². The molecule has 0 heterocycles. The maximum absolute atomic E-state index is 6.35. The van der Waals surface area contributed by atoms with Crippen LogP contribution in [0.15, 0.2) is 47.4 Å². The molecule has 1 saturated carbocycles. The van der Waals surface area contributed by atoms with Gasteiger partial charge in [0.25, 0.3) is 0 Å². The first-order chi connectivity index (χ1) is 10.3. The number of hydrogen-bond donors (Lipinski definition) is 1. The van der Waals surface area contributed by atoms with Crippen LogP contribution in [0.1, 0.15) is 18.4 Å². The minimum Gasteiger partial charge on any atom is -0.455 e. The van der Waals surface area contributed by atoms with Crippen molar-refractivity contribution >= 4 is 23.4 Å². The molecule has 1 aliphatic rings. The number of hydrogen-bond acceptors (Lipinski definition) is 3. The van der Waals surface area contributed by atoms with Gasteiger partial charge < -0.3 is 10.1 Å². The quantitative estimate of drug-likeness (QED) is 0.748. The summed E-state index contributed by atoms with van der Waals surface area (Å²) in [5, 5.41) is 4.14. The number of nitrogens with one attached hydrogen (secondary N) is 1. The summed E-state index contributed by atoms with van der Waals surface area (Å²) in [7, 11) is 0. The third kappa shape index (κ3) is 3.94. The van der Waals surface area contributed by atoms with Crippen molar-refractivity contribution < 1.29 is 4.74 Å². The van der Waals surface area contributed by atoms with Gasteiger partial charge in [0.1, 0.15) is 11.5 Å². The summed E-state index contributed by atoms with van der Waals surface area (Å²) in [5.41, 5.74) is 1.19. The molecule has 2 nitrogen and oxygen atoms in total. The van der Waals surface area contributed by atoms with Crippen LogP contribution in [0.25, 0.3) is 0 Å². The first-order valence-electron chi connectivity index (χ1n) is 7.09. The molecule has 2 aromatic carbocycles. The van der Waals surface area contributed by atoms with Crippen molar-refractivity contribution in [3.05, 3.63) is 53.1 Å². The van der Waals surface area contributed by atoms with Gasteiger partial charge in [-0.05, 0) is 48.9 Å². The fourth-order valence-corrected chi connectivity index (χ4v) is 2.88. The van der Waals surface area contributed by atoms with Gasteiger partial charge in [0.15, 0.2) is 0 Å². The lowest BCUT2D eigenvalue weighted by molar-refractivity contribution is 0.471. The van der Waals surface area contributed by atoms with Gasteiger partial charge in [-0.2, -0.15) is 0 Å². The van der Waals surface area contributed by atoms with Gasteiger partial charge in [0.05, 0.1) is 5.02 Å². The zero-order valence-corrected chi connectivity index (χ0v) is 13.5. The van der Waals surface area contributed by atoms with Crippen LogP contribution in [-0.2, 0) is 6.54 Å². The summed E-state index contributed by atoms with van der Waals surface area (Å²) in [4.78, 5) is 1.10. The number of halogens is 1. The number of ether oxygens (including phenoxy) is 1. The summed E-state index contributed by atoms with van der Waals surface area (Å²) < 4.78 is 5.95. The van der Waals surface area contributed by atoms with Crippen LogP contribution in [0.4, 0.5) is 0 Å². The van der Waals surface area contributed by atoms with Crippen LogP contribution in [0.5, 0.6) is 11.5 Å². The zero-order chi connectivity index (χ0) is 14.7. The Morgan fingerprint density at radius 3 is 2.71 bits per heavy atom. The summed E-state index contributed by atoms with van der Waals surface area (Å²) in [5.74, 6) is 1.55. The van der Waals surface area contributed by atoms with Gasteiger partial charge in [0.2, 0.25) is 0 Å². The van der Waals surface area contributed by atoms with Crippen LogP contribution in [0, 0.1) is 0 Å². The molecule has 0 unspecified atom stereocenters. The van der Waals surface area contributed by atoms with E-state index < -0.39 is 0 Å². The van der Waals surface area contributed by atoms with Crippen molar-refractivity contribution in [2.24, 2.45) is 0 Å². The molecule has 0 atom stereocenters. The van der Waals surface area contributed by atoms with Crippen molar-refractivity contribution in [1.29, 1.82) is 0 Å². The average Bonchev–Trinajstić information content (AvgIpc) is 3.32. The second kappa shape index (κ2) is 6.73. The van der Waals surface area contributed by atoms with E-state index in [9.17, 15) is 0 Å². The smallest absolute Gasteiger partial charge is 0.146 e. The second-order valence-corrected chi connectivity index (χ2v) is 6.43. The predicted octanol–water partition coefficient (Wildman–Crippen LogP) is 5.11. The third-order valence-electron chi connectivity index (χ3n) is 3.46. The normalized spacial score (nSPS) is 14.2. The first-order valence-corrected chi connectivity index (χ1v) is 8.69. The van der Waals surface area contributed by atoms with E-state index in [-0.39, 0.29) is 0 Å². The maximum atomic E-state index is 6.35. The van der Waals surface area contributed by atoms with Gasteiger partial charge in [-0.1, -0.05) is 29.8 Å². The Labute approximate surface area is 134 Å². The Morgan fingerprint density at radius 2 is 2.00 bits per heavy atom. The summed E-state index contributed by atoms with van der Waals surface area (Å²) in [6, 6.07) is 14.7. The van der Waals surface area contributed by atoms with E-state index in [1.54, 1.807) is 11.8 Å². The number of rotatable bonds is 6. The minimum absolute atomic E-state index is 0.654. The van der Waals surface area contributed by atoms with Gasteiger partial charge in [-0.15, -0.1) is 11.8 Å². The standard InChI is InChI=1S/C17H18ClNOS/c1-21-17-5-3-2-4-16(17)20-15-9-6-12(10-14(15)18)11-19-13-7-8-13/h2-6,9-10,13,19H,7-8,11H2,1H3. The highest BCUT2D eigenvalue weighted by Crippen LogP contribution is 2.35. The Bertz CT molecular complexity index is 628. The van der Waals surface area contributed by atoms with Crippen molar-refractivity contribution in [3.63, 3.8) is 0 Å². The van der Waals surface area contributed by atoms with Crippen molar-refractivity contribution in [1.82, 2.24) is 5.32 Å². The molecule has 0 aromatic heterocycles. The molecule has 1 fully saturated rings. The van der Waals surface area contributed by atoms with Crippen LogP contribution >= 0.6 is 23.4 Å². The highest BCUT2D eigenvalue weighted by molar-refractivity contribution is 7.98. The fraction of sp³-hybridized carbons (Fsp3) is 0.294. The SMILES string of the molecule is CSc1ccccc1Oc1ccc(CNC2CC2)cc1Cl. The molecule has 110 valence electrons. The van der Waals surface area contributed by atoms with Gasteiger partial charge in [0, 0.05) is 17.5 Å². The monoisotopic (exact) mass is 319 g/mol. The highest BCUT2D eigenvalue weighted by atomic mass is 35.5. The Morgan fingerprint density at radius 1 is 1.19 bits per heavy atom. The van der Waals surface area contributed by atoms with E-state index in [1.165, 1.54) is 18.4 Å². The fourth-order valence-electron chi connectivity index (χ4n) is 2.11. The van der Waals surface area contributed by atoms with Gasteiger partial charge in [-0.3, -0.25) is 0 Å². The maximum Gasteiger partial charge on any atom is 0.146 e. The van der Waals surface area contributed by atoms with E-state index in [2.05, 4.69) is 11.4 Å². The average molecular weight is 320 g/mol. The molecule has 1 aliphatic carbocycles. The molecule has 0 spiro atoms. The van der Waals surface area contributed by atoms with E-state index in [1.807, 2.05) is 42.7 Å².